The highest BCUT2D eigenvalue weighted by molar-refractivity contribution is 6.07. The monoisotopic (exact) mass is 292 g/mol. The van der Waals surface area contributed by atoms with E-state index in [1.165, 1.54) is 37.6 Å². The minimum absolute atomic E-state index is 0.00398. The summed E-state index contributed by atoms with van der Waals surface area (Å²) in [5.74, 6) is -0.202. The van der Waals surface area contributed by atoms with Crippen molar-refractivity contribution < 1.29 is 14.1 Å². The van der Waals surface area contributed by atoms with Gasteiger partial charge in [-0.1, -0.05) is 30.3 Å². The van der Waals surface area contributed by atoms with Crippen LogP contribution in [0.25, 0.3) is 0 Å². The summed E-state index contributed by atoms with van der Waals surface area (Å²) in [5.41, 5.74) is 0.604. The maximum absolute atomic E-state index is 11.2. The van der Waals surface area contributed by atoms with E-state index in [-0.39, 0.29) is 18.0 Å². The number of carbonyl (C=O) groups is 2. The lowest BCUT2D eigenvalue weighted by atomic mass is 10.1. The third-order valence-corrected chi connectivity index (χ3v) is 4.19. The fraction of sp³-hybridized carbons (Fsp3) is 0.556. The van der Waals surface area contributed by atoms with Crippen LogP contribution in [0.3, 0.4) is 0 Å². The number of benzene rings is 1. The van der Waals surface area contributed by atoms with Gasteiger partial charge in [0.15, 0.2) is 5.78 Å². The molecule has 0 spiro atoms. The fourth-order valence-corrected chi connectivity index (χ4v) is 2.29. The second-order valence-corrected chi connectivity index (χ2v) is 5.27. The molecule has 0 unspecified atom stereocenters. The first-order chi connectivity index (χ1) is 9.94. The third-order valence-electron chi connectivity index (χ3n) is 4.19. The lowest BCUT2D eigenvalue weighted by molar-refractivity contribution is -0.921. The molecule has 3 heteroatoms. The predicted octanol–water partition coefficient (Wildman–Crippen LogP) is 3.73. The van der Waals surface area contributed by atoms with Crippen molar-refractivity contribution in [2.24, 2.45) is 0 Å². The van der Waals surface area contributed by atoms with Gasteiger partial charge in [-0.15, -0.1) is 0 Å². The SMILES string of the molecule is CC(=O)CC(=O)c1ccccc1.CC[N+](CC)(CC)CC. The number of ketones is 2. The van der Waals surface area contributed by atoms with Gasteiger partial charge >= 0.3 is 0 Å². The molecule has 21 heavy (non-hydrogen) atoms. The first-order valence-corrected chi connectivity index (χ1v) is 7.87. The molecule has 0 radical (unpaired) electrons. The van der Waals surface area contributed by atoms with Crippen LogP contribution < -0.4 is 0 Å². The Hall–Kier alpha value is -1.48. The minimum Gasteiger partial charge on any atom is -0.325 e. The van der Waals surface area contributed by atoms with Crippen molar-refractivity contribution in [3.05, 3.63) is 35.9 Å². The first kappa shape index (κ1) is 19.5. The van der Waals surface area contributed by atoms with Crippen LogP contribution in [0.2, 0.25) is 0 Å². The Kier molecular flexibility index (Phi) is 9.55. The van der Waals surface area contributed by atoms with Crippen molar-refractivity contribution in [3.63, 3.8) is 0 Å². The second kappa shape index (κ2) is 10.3. The Labute approximate surface area is 129 Å². The van der Waals surface area contributed by atoms with E-state index in [0.29, 0.717) is 5.56 Å². The summed E-state index contributed by atoms with van der Waals surface area (Å²) in [6, 6.07) is 8.84. The normalized spacial score (nSPS) is 10.5. The van der Waals surface area contributed by atoms with Gasteiger partial charge in [-0.3, -0.25) is 9.59 Å². The highest BCUT2D eigenvalue weighted by atomic mass is 16.1. The van der Waals surface area contributed by atoms with Crippen molar-refractivity contribution in [2.45, 2.75) is 41.0 Å². The standard InChI is InChI=1S/C10H10O2.C8H20N/c1-8(11)7-10(12)9-5-3-2-4-6-9;1-5-9(6-2,7-3)8-4/h2-6H,7H2,1H3;5-8H2,1-4H3/q;+1. The van der Waals surface area contributed by atoms with Gasteiger partial charge in [0.25, 0.3) is 0 Å². The molecule has 1 aromatic rings. The van der Waals surface area contributed by atoms with Crippen LogP contribution in [0.4, 0.5) is 0 Å². The topological polar surface area (TPSA) is 34.1 Å². The lowest BCUT2D eigenvalue weighted by Gasteiger charge is -2.34. The van der Waals surface area contributed by atoms with Gasteiger partial charge in [0.2, 0.25) is 0 Å². The first-order valence-electron chi connectivity index (χ1n) is 7.87. The van der Waals surface area contributed by atoms with E-state index in [1.807, 2.05) is 6.07 Å². The molecule has 3 nitrogen and oxygen atoms in total. The van der Waals surface area contributed by atoms with Crippen LogP contribution in [0.1, 0.15) is 51.4 Å². The lowest BCUT2D eigenvalue weighted by Crippen LogP contribution is -2.47. The molecule has 0 N–H and O–H groups in total. The number of hydrogen-bond donors (Lipinski definition) is 0. The molecular weight excluding hydrogens is 262 g/mol. The second-order valence-electron chi connectivity index (χ2n) is 5.27. The summed E-state index contributed by atoms with van der Waals surface area (Å²) >= 11 is 0. The van der Waals surface area contributed by atoms with E-state index >= 15 is 0 Å². The van der Waals surface area contributed by atoms with Gasteiger partial charge < -0.3 is 4.48 Å². The van der Waals surface area contributed by atoms with Crippen LogP contribution >= 0.6 is 0 Å². The zero-order chi connectivity index (χ0) is 16.3. The molecular formula is C18H30NO2+. The average molecular weight is 292 g/mol. The zero-order valence-corrected chi connectivity index (χ0v) is 14.2. The summed E-state index contributed by atoms with van der Waals surface area (Å²) in [7, 11) is 0. The van der Waals surface area contributed by atoms with Gasteiger partial charge in [0.1, 0.15) is 5.78 Å². The van der Waals surface area contributed by atoms with Gasteiger partial charge in [-0.2, -0.15) is 0 Å². The molecule has 0 fully saturated rings. The summed E-state index contributed by atoms with van der Waals surface area (Å²) in [6.07, 6.45) is 0.00398. The zero-order valence-electron chi connectivity index (χ0n) is 14.2. The molecule has 1 aromatic carbocycles. The van der Waals surface area contributed by atoms with Crippen LogP contribution in [0.5, 0.6) is 0 Å². The van der Waals surface area contributed by atoms with Crippen molar-refractivity contribution in [1.29, 1.82) is 0 Å². The fourth-order valence-electron chi connectivity index (χ4n) is 2.29. The quantitative estimate of drug-likeness (QED) is 0.436. The molecule has 0 aliphatic rings. The molecule has 0 aliphatic heterocycles. The van der Waals surface area contributed by atoms with Crippen LogP contribution in [0.15, 0.2) is 30.3 Å². The summed E-state index contributed by atoms with van der Waals surface area (Å²) in [5, 5.41) is 0. The Morgan fingerprint density at radius 2 is 1.29 bits per heavy atom. The number of rotatable bonds is 7. The highest BCUT2D eigenvalue weighted by Gasteiger charge is 2.16. The molecule has 1 rings (SSSR count). The van der Waals surface area contributed by atoms with E-state index < -0.39 is 0 Å². The third kappa shape index (κ3) is 7.19. The summed E-state index contributed by atoms with van der Waals surface area (Å²) in [6.45, 7) is 15.6. The van der Waals surface area contributed by atoms with Crippen molar-refractivity contribution in [2.75, 3.05) is 26.2 Å². The molecule has 0 atom stereocenters. The van der Waals surface area contributed by atoms with Gasteiger partial charge in [0.05, 0.1) is 32.6 Å². The predicted molar refractivity (Wildman–Crippen MR) is 88.5 cm³/mol. The Morgan fingerprint density at radius 3 is 1.57 bits per heavy atom. The Balaban J connectivity index is 0.000000400. The van der Waals surface area contributed by atoms with Crippen molar-refractivity contribution >= 4 is 11.6 Å². The highest BCUT2D eigenvalue weighted by Crippen LogP contribution is 2.03. The Morgan fingerprint density at radius 1 is 0.857 bits per heavy atom. The molecule has 0 bridgehead atoms. The number of carbonyl (C=O) groups excluding carboxylic acids is 2. The minimum atomic E-state index is -0.108. The summed E-state index contributed by atoms with van der Waals surface area (Å²) < 4.78 is 1.28. The maximum Gasteiger partial charge on any atom is 0.170 e. The van der Waals surface area contributed by atoms with Crippen LogP contribution in [-0.4, -0.2) is 42.2 Å². The maximum atomic E-state index is 11.2. The number of quaternary nitrogens is 1. The van der Waals surface area contributed by atoms with Crippen molar-refractivity contribution in [1.82, 2.24) is 0 Å². The number of Topliss-reactive ketones (excluding diaryl/α,β-unsaturated/α-hetero) is 2. The van der Waals surface area contributed by atoms with Gasteiger partial charge in [-0.25, -0.2) is 0 Å². The molecule has 0 amide bonds. The largest absolute Gasteiger partial charge is 0.325 e. The van der Waals surface area contributed by atoms with E-state index in [2.05, 4.69) is 27.7 Å². The number of nitrogens with zero attached hydrogens (tertiary/aromatic N) is 1. The molecule has 0 aromatic heterocycles. The molecule has 118 valence electrons. The molecule has 0 aliphatic carbocycles. The molecule has 0 saturated carbocycles. The number of hydrogen-bond acceptors (Lipinski definition) is 2. The van der Waals surface area contributed by atoms with Crippen molar-refractivity contribution in [3.8, 4) is 0 Å². The van der Waals surface area contributed by atoms with E-state index in [0.717, 1.165) is 0 Å². The van der Waals surface area contributed by atoms with E-state index in [1.54, 1.807) is 24.3 Å². The Bertz CT molecular complexity index is 405. The average Bonchev–Trinajstić information content (AvgIpc) is 2.51. The van der Waals surface area contributed by atoms with Gasteiger partial charge in [0, 0.05) is 5.56 Å². The van der Waals surface area contributed by atoms with E-state index in [4.69, 9.17) is 0 Å². The smallest absolute Gasteiger partial charge is 0.170 e. The van der Waals surface area contributed by atoms with E-state index in [9.17, 15) is 9.59 Å². The summed E-state index contributed by atoms with van der Waals surface area (Å²) in [4.78, 5) is 21.8. The molecule has 0 saturated heterocycles. The van der Waals surface area contributed by atoms with Crippen LogP contribution in [0, 0.1) is 0 Å². The molecule has 0 heterocycles. The van der Waals surface area contributed by atoms with Crippen LogP contribution in [-0.2, 0) is 4.79 Å². The van der Waals surface area contributed by atoms with Gasteiger partial charge in [-0.05, 0) is 34.6 Å².